The molecule has 0 spiro atoms. The Morgan fingerprint density at radius 1 is 0.944 bits per heavy atom. The summed E-state index contributed by atoms with van der Waals surface area (Å²) in [6.07, 6.45) is 11.9. The van der Waals surface area contributed by atoms with Gasteiger partial charge in [0, 0.05) is 6.42 Å². The molecule has 0 saturated carbocycles. The summed E-state index contributed by atoms with van der Waals surface area (Å²) in [6, 6.07) is 0. The molecule has 1 rings (SSSR count). The molecular weight excluding hydrogens is 524 g/mol. The van der Waals surface area contributed by atoms with Gasteiger partial charge in [0.1, 0.15) is 26.6 Å². The Bertz CT molecular complexity index is 687. The largest absolute Gasteiger partial charge is 1.00 e. The number of cyclic esters (lactones) is 1. The van der Waals surface area contributed by atoms with E-state index in [-0.39, 0.29) is 95.1 Å². The van der Waals surface area contributed by atoms with Crippen molar-refractivity contribution in [2.75, 3.05) is 6.61 Å². The van der Waals surface area contributed by atoms with Crippen LogP contribution in [-0.2, 0) is 28.2 Å². The number of phosphoric ester groups is 1. The van der Waals surface area contributed by atoms with Crippen LogP contribution in [0.15, 0.2) is 11.5 Å². The third-order valence-electron chi connectivity index (χ3n) is 5.35. The van der Waals surface area contributed by atoms with E-state index < -0.39 is 50.1 Å². The zero-order valence-corrected chi connectivity index (χ0v) is 29.2. The van der Waals surface area contributed by atoms with E-state index in [4.69, 9.17) is 4.74 Å². The number of ether oxygens (including phenoxy) is 2. The van der Waals surface area contributed by atoms with Crippen molar-refractivity contribution in [2.24, 2.45) is 0 Å². The number of hydrogen-bond acceptors (Lipinski definition) is 10. The molecule has 0 fully saturated rings. The molecule has 0 amide bonds. The predicted molar refractivity (Wildman–Crippen MR) is 113 cm³/mol. The second-order valence-electron chi connectivity index (χ2n) is 8.30. The maximum Gasteiger partial charge on any atom is 1.00 e. The van der Waals surface area contributed by atoms with Crippen molar-refractivity contribution in [1.29, 1.82) is 0 Å². The van der Waals surface area contributed by atoms with Crippen LogP contribution in [0.1, 0.15) is 96.8 Å². The summed E-state index contributed by atoms with van der Waals surface area (Å²) in [4.78, 5) is 44.4. The Kier molecular flexibility index (Phi) is 28.2. The molecule has 0 aliphatic carbocycles. The Morgan fingerprint density at radius 3 is 1.83 bits per heavy atom. The maximum absolute atomic E-state index is 11.9. The fourth-order valence-corrected chi connectivity index (χ4v) is 3.91. The minimum Gasteiger partial charge on any atom is -0.870 e. The smallest absolute Gasteiger partial charge is 0.870 e. The van der Waals surface area contributed by atoms with Crippen LogP contribution in [0.5, 0.6) is 0 Å². The van der Waals surface area contributed by atoms with Crippen molar-refractivity contribution in [3.63, 3.8) is 0 Å². The first kappa shape index (κ1) is 41.9. The number of carbonyl (C=O) groups is 2. The van der Waals surface area contributed by atoms with E-state index in [1.165, 1.54) is 57.8 Å². The summed E-state index contributed by atoms with van der Waals surface area (Å²) in [5.41, 5.74) is 0. The number of phosphoric acid groups is 1. The van der Waals surface area contributed by atoms with Crippen molar-refractivity contribution in [3.8, 4) is 0 Å². The first-order chi connectivity index (χ1) is 15.7. The molecule has 14 heteroatoms. The molecule has 0 aromatic carbocycles. The van der Waals surface area contributed by atoms with Crippen molar-refractivity contribution in [1.82, 2.24) is 0 Å². The quantitative estimate of drug-likeness (QED) is 0.0694. The van der Waals surface area contributed by atoms with Gasteiger partial charge in [-0.05, 0) is 12.2 Å². The fourth-order valence-electron chi connectivity index (χ4n) is 3.52. The molecule has 10 nitrogen and oxygen atoms in total. The number of aliphatic hydroxyl groups is 1. The number of rotatable bonds is 19. The summed E-state index contributed by atoms with van der Waals surface area (Å²) in [6.45, 7) is 1.59. The maximum atomic E-state index is 11.9. The molecule has 0 bridgehead atoms. The molecule has 0 aromatic heterocycles. The Morgan fingerprint density at radius 2 is 1.39 bits per heavy atom. The van der Waals surface area contributed by atoms with Gasteiger partial charge in [-0.2, -0.15) is 0 Å². The summed E-state index contributed by atoms with van der Waals surface area (Å²) >= 11 is 0. The molecule has 2 atom stereocenters. The summed E-state index contributed by atoms with van der Waals surface area (Å²) in [7, 11) is -5.64. The van der Waals surface area contributed by atoms with E-state index in [9.17, 15) is 34.2 Å². The van der Waals surface area contributed by atoms with E-state index in [0.29, 0.717) is 6.42 Å². The average molecular weight is 560 g/mol. The monoisotopic (exact) mass is 560 g/mol. The van der Waals surface area contributed by atoms with Gasteiger partial charge in [0.25, 0.3) is 0 Å². The first-order valence-electron chi connectivity index (χ1n) is 11.8. The molecule has 1 unspecified atom stereocenters. The van der Waals surface area contributed by atoms with Crippen molar-refractivity contribution < 1.29 is 137 Å². The molecule has 0 radical (unpaired) electrons. The van der Waals surface area contributed by atoms with E-state index in [2.05, 4.69) is 16.2 Å². The van der Waals surface area contributed by atoms with Crippen molar-refractivity contribution >= 4 is 19.8 Å². The van der Waals surface area contributed by atoms with Crippen LogP contribution < -0.4 is 104 Å². The molecular formula is C22H36Na3O10P. The van der Waals surface area contributed by atoms with Crippen LogP contribution in [0, 0.1) is 0 Å². The van der Waals surface area contributed by atoms with E-state index in [1.54, 1.807) is 0 Å². The van der Waals surface area contributed by atoms with E-state index in [1.807, 2.05) is 0 Å². The number of aliphatic hydroxyl groups excluding tert-OH is 1. The van der Waals surface area contributed by atoms with Crippen LogP contribution >= 0.6 is 7.82 Å². The first-order valence-corrected chi connectivity index (χ1v) is 13.3. The van der Waals surface area contributed by atoms with Gasteiger partial charge < -0.3 is 38.6 Å². The molecule has 192 valence electrons. The molecule has 0 saturated heterocycles. The van der Waals surface area contributed by atoms with E-state index >= 15 is 0 Å². The molecule has 36 heavy (non-hydrogen) atoms. The number of hydrogen-bond donors (Lipinski definition) is 1. The molecule has 1 N–H and O–H groups in total. The van der Waals surface area contributed by atoms with Crippen molar-refractivity contribution in [3.05, 3.63) is 11.5 Å². The van der Waals surface area contributed by atoms with Crippen molar-refractivity contribution in [2.45, 2.75) is 109 Å². The van der Waals surface area contributed by atoms with E-state index in [0.717, 1.165) is 19.3 Å². The van der Waals surface area contributed by atoms with Gasteiger partial charge in [-0.3, -0.25) is 4.79 Å². The topological polar surface area (TPSA) is 168 Å². The van der Waals surface area contributed by atoms with Gasteiger partial charge >= 0.3 is 101 Å². The van der Waals surface area contributed by atoms with Gasteiger partial charge in [-0.25, -0.2) is 4.79 Å². The third-order valence-corrected chi connectivity index (χ3v) is 5.76. The fraction of sp³-hybridized carbons (Fsp3) is 0.818. The SMILES string of the molecule is CCCCCCCCCCCCCCCC(=O)OC[C@H](O)C1OC(=O)C(OP(=O)([O-])[O-])=C1[O-].[Na+].[Na+].[Na+]. The number of esters is 2. The van der Waals surface area contributed by atoms with Crippen LogP contribution in [-0.4, -0.2) is 35.9 Å². The molecule has 1 aliphatic heterocycles. The Hall–Kier alpha value is 1.39. The van der Waals surface area contributed by atoms with Crippen LogP contribution in [0.4, 0.5) is 0 Å². The van der Waals surface area contributed by atoms with Gasteiger partial charge in [-0.1, -0.05) is 84.0 Å². The number of unbranched alkanes of at least 4 members (excludes halogenated alkanes) is 12. The van der Waals surface area contributed by atoms with Crippen LogP contribution in [0.2, 0.25) is 0 Å². The summed E-state index contributed by atoms with van der Waals surface area (Å²) in [5.74, 6) is -4.66. The second-order valence-corrected chi connectivity index (χ2v) is 9.38. The molecule has 1 aliphatic rings. The van der Waals surface area contributed by atoms with Crippen LogP contribution in [0.3, 0.4) is 0 Å². The second kappa shape index (κ2) is 24.2. The zero-order valence-electron chi connectivity index (χ0n) is 22.3. The van der Waals surface area contributed by atoms with Gasteiger partial charge in [0.2, 0.25) is 5.76 Å². The van der Waals surface area contributed by atoms with Gasteiger partial charge in [-0.15, -0.1) is 0 Å². The minimum absolute atomic E-state index is 0. The van der Waals surface area contributed by atoms with Gasteiger partial charge in [0.05, 0.1) is 0 Å². The minimum atomic E-state index is -5.64. The Balaban J connectivity index is -0.00000363. The average Bonchev–Trinajstić information content (AvgIpc) is 3.02. The molecule has 1 heterocycles. The Labute approximate surface area is 280 Å². The predicted octanol–water partition coefficient (Wildman–Crippen LogP) is -7.27. The normalized spacial score (nSPS) is 15.8. The zero-order chi connectivity index (χ0) is 24.7. The van der Waals surface area contributed by atoms with Gasteiger partial charge in [0.15, 0.2) is 0 Å². The third kappa shape index (κ3) is 19.4. The summed E-state index contributed by atoms with van der Waals surface area (Å²) < 4.78 is 23.8. The summed E-state index contributed by atoms with van der Waals surface area (Å²) in [5, 5.41) is 21.8. The molecule has 0 aromatic rings. The standard InChI is InChI=1S/C22H39O10P.3Na/c1-2-3-4-5-6-7-8-9-10-11-12-13-14-15-18(24)30-16-17(23)20-19(25)21(22(26)31-20)32-33(27,28)29;;;/h17,20,23,25H,2-16H2,1H3,(H2,27,28,29);;;/q;3*+1/p-3/t17-,20?;;;/m0.../s1. The number of carbonyl (C=O) groups excluding carboxylic acids is 2. The van der Waals surface area contributed by atoms with Crippen LogP contribution in [0.25, 0.3) is 0 Å².